The van der Waals surface area contributed by atoms with Gasteiger partial charge in [0.1, 0.15) is 0 Å². The molecule has 1 N–H and O–H groups in total. The van der Waals surface area contributed by atoms with Gasteiger partial charge in [0.05, 0.1) is 6.04 Å². The van der Waals surface area contributed by atoms with Crippen LogP contribution in [0.2, 0.25) is 0 Å². The lowest BCUT2D eigenvalue weighted by molar-refractivity contribution is 0.0974. The summed E-state index contributed by atoms with van der Waals surface area (Å²) >= 11 is 0. The van der Waals surface area contributed by atoms with Crippen molar-refractivity contribution in [2.45, 2.75) is 25.4 Å². The van der Waals surface area contributed by atoms with Gasteiger partial charge in [-0.2, -0.15) is 0 Å². The Labute approximate surface area is 154 Å². The molecule has 0 saturated carbocycles. The van der Waals surface area contributed by atoms with Crippen molar-refractivity contribution in [3.63, 3.8) is 0 Å². The number of rotatable bonds is 3. The average molecular weight is 342 g/mol. The van der Waals surface area contributed by atoms with Crippen LogP contribution in [0.3, 0.4) is 0 Å². The van der Waals surface area contributed by atoms with Crippen molar-refractivity contribution in [3.8, 4) is 0 Å². The number of benzene rings is 3. The van der Waals surface area contributed by atoms with Gasteiger partial charge in [0.2, 0.25) is 0 Å². The minimum absolute atomic E-state index is 0.00226. The fraction of sp³-hybridized carbons (Fsp3) is 0.174. The number of carbonyl (C=O) groups is 1. The number of nitrogens with one attached hydrogen (secondary N) is 1. The van der Waals surface area contributed by atoms with E-state index in [2.05, 4.69) is 24.4 Å². The van der Waals surface area contributed by atoms with E-state index in [1.807, 2.05) is 77.7 Å². The summed E-state index contributed by atoms with van der Waals surface area (Å²) in [6.45, 7) is 2.17. The van der Waals surface area contributed by atoms with Crippen LogP contribution in [0.15, 0.2) is 84.9 Å². The third kappa shape index (κ3) is 3.08. The minimum Gasteiger partial charge on any atom is -0.382 e. The van der Waals surface area contributed by atoms with Gasteiger partial charge in [-0.15, -0.1) is 0 Å². The predicted octanol–water partition coefficient (Wildman–Crippen LogP) is 5.28. The first-order valence-electron chi connectivity index (χ1n) is 9.03. The van der Waals surface area contributed by atoms with Crippen LogP contribution < -0.4 is 10.2 Å². The van der Waals surface area contributed by atoms with E-state index >= 15 is 0 Å². The molecule has 0 aromatic heterocycles. The molecule has 1 aliphatic heterocycles. The van der Waals surface area contributed by atoms with Crippen LogP contribution in [0.5, 0.6) is 0 Å². The van der Waals surface area contributed by atoms with Crippen LogP contribution in [0.4, 0.5) is 11.4 Å². The summed E-state index contributed by atoms with van der Waals surface area (Å²) in [7, 11) is 0. The third-order valence-corrected chi connectivity index (χ3v) is 4.88. The largest absolute Gasteiger partial charge is 0.382 e. The number of amides is 1. The number of anilines is 2. The molecular weight excluding hydrogens is 320 g/mol. The van der Waals surface area contributed by atoms with E-state index in [1.54, 1.807) is 0 Å². The zero-order valence-corrected chi connectivity index (χ0v) is 14.8. The summed E-state index contributed by atoms with van der Waals surface area (Å²) < 4.78 is 0. The van der Waals surface area contributed by atoms with Crippen LogP contribution in [-0.2, 0) is 0 Å². The van der Waals surface area contributed by atoms with Gasteiger partial charge in [-0.05, 0) is 49.2 Å². The molecule has 130 valence electrons. The second-order valence-electron chi connectivity index (χ2n) is 6.76. The molecule has 1 heterocycles. The van der Waals surface area contributed by atoms with Crippen molar-refractivity contribution in [2.75, 3.05) is 10.2 Å². The molecule has 0 fully saturated rings. The molecule has 3 heteroatoms. The van der Waals surface area contributed by atoms with Gasteiger partial charge in [0, 0.05) is 23.0 Å². The monoisotopic (exact) mass is 342 g/mol. The van der Waals surface area contributed by atoms with Gasteiger partial charge >= 0.3 is 0 Å². The van der Waals surface area contributed by atoms with Gasteiger partial charge in [-0.1, -0.05) is 54.6 Å². The lowest BCUT2D eigenvalue weighted by atomic mass is 9.91. The first kappa shape index (κ1) is 16.4. The first-order valence-corrected chi connectivity index (χ1v) is 9.03. The van der Waals surface area contributed by atoms with Gasteiger partial charge < -0.3 is 10.2 Å². The van der Waals surface area contributed by atoms with E-state index in [-0.39, 0.29) is 11.9 Å². The normalized spacial score (nSPS) is 18.5. The third-order valence-electron chi connectivity index (χ3n) is 4.88. The van der Waals surface area contributed by atoms with Crippen LogP contribution >= 0.6 is 0 Å². The highest BCUT2D eigenvalue weighted by molar-refractivity contribution is 6.06. The zero-order chi connectivity index (χ0) is 17.9. The Morgan fingerprint density at radius 1 is 0.885 bits per heavy atom. The Morgan fingerprint density at radius 3 is 2.23 bits per heavy atom. The van der Waals surface area contributed by atoms with Gasteiger partial charge in [0.15, 0.2) is 0 Å². The van der Waals surface area contributed by atoms with E-state index in [4.69, 9.17) is 0 Å². The molecule has 0 spiro atoms. The first-order chi connectivity index (χ1) is 12.7. The molecule has 0 unspecified atom stereocenters. The molecule has 1 amide bonds. The zero-order valence-electron chi connectivity index (χ0n) is 14.8. The van der Waals surface area contributed by atoms with Gasteiger partial charge in [0.25, 0.3) is 5.91 Å². The average Bonchev–Trinajstić information content (AvgIpc) is 2.69. The van der Waals surface area contributed by atoms with Crippen molar-refractivity contribution in [1.29, 1.82) is 0 Å². The molecule has 0 saturated heterocycles. The number of hydrogen-bond acceptors (Lipinski definition) is 2. The Balaban J connectivity index is 1.83. The summed E-state index contributed by atoms with van der Waals surface area (Å²) in [6.07, 6.45) is 0.866. The van der Waals surface area contributed by atoms with Crippen LogP contribution in [0.25, 0.3) is 0 Å². The van der Waals surface area contributed by atoms with Crippen molar-refractivity contribution in [1.82, 2.24) is 0 Å². The molecular formula is C23H22N2O. The number of fused-ring (bicyclic) bond motifs is 1. The fourth-order valence-electron chi connectivity index (χ4n) is 3.70. The van der Waals surface area contributed by atoms with E-state index in [0.717, 1.165) is 17.8 Å². The quantitative estimate of drug-likeness (QED) is 0.702. The van der Waals surface area contributed by atoms with Crippen molar-refractivity contribution >= 4 is 17.3 Å². The number of nitrogens with zero attached hydrogens (tertiary/aromatic N) is 1. The van der Waals surface area contributed by atoms with E-state index in [9.17, 15) is 4.79 Å². The molecule has 2 atom stereocenters. The highest BCUT2D eigenvalue weighted by Crippen LogP contribution is 2.39. The Bertz CT molecular complexity index is 892. The maximum atomic E-state index is 13.5. The summed E-state index contributed by atoms with van der Waals surface area (Å²) in [4.78, 5) is 15.4. The Hall–Kier alpha value is -3.07. The topological polar surface area (TPSA) is 32.3 Å². The highest BCUT2D eigenvalue weighted by atomic mass is 16.2. The van der Waals surface area contributed by atoms with E-state index in [1.165, 1.54) is 5.56 Å². The molecule has 1 aliphatic rings. The van der Waals surface area contributed by atoms with Crippen LogP contribution in [0, 0.1) is 0 Å². The minimum atomic E-state index is -0.00226. The Morgan fingerprint density at radius 2 is 1.50 bits per heavy atom. The summed E-state index contributed by atoms with van der Waals surface area (Å²) in [5.74, 6) is 0.0331. The lowest BCUT2D eigenvalue weighted by Crippen LogP contribution is -2.40. The Kier molecular flexibility index (Phi) is 4.44. The highest BCUT2D eigenvalue weighted by Gasteiger charge is 2.33. The standard InChI is InChI=1S/C23H22N2O/c1-17-16-22(20-14-8-9-15-21(20)24-17)25(19-12-6-3-7-13-19)23(26)18-10-4-2-5-11-18/h2-15,17,22,24H,16H2,1H3/t17-,22-/m0/s1. The maximum Gasteiger partial charge on any atom is 0.258 e. The number of para-hydroxylation sites is 2. The predicted molar refractivity (Wildman–Crippen MR) is 107 cm³/mol. The molecule has 0 bridgehead atoms. The summed E-state index contributed by atoms with van der Waals surface area (Å²) in [5.41, 5.74) is 3.91. The molecule has 0 radical (unpaired) electrons. The molecule has 4 rings (SSSR count). The van der Waals surface area contributed by atoms with E-state index < -0.39 is 0 Å². The van der Waals surface area contributed by atoms with Crippen LogP contribution in [-0.4, -0.2) is 11.9 Å². The van der Waals surface area contributed by atoms with E-state index in [0.29, 0.717) is 11.6 Å². The molecule has 3 aromatic carbocycles. The van der Waals surface area contributed by atoms with Gasteiger partial charge in [-0.3, -0.25) is 4.79 Å². The van der Waals surface area contributed by atoms with Crippen molar-refractivity contribution in [2.24, 2.45) is 0 Å². The smallest absolute Gasteiger partial charge is 0.258 e. The SMILES string of the molecule is C[C@H]1C[C@H](N(C(=O)c2ccccc2)c2ccccc2)c2ccccc2N1. The summed E-state index contributed by atoms with van der Waals surface area (Å²) in [5, 5.41) is 3.54. The molecule has 26 heavy (non-hydrogen) atoms. The van der Waals surface area contributed by atoms with Gasteiger partial charge in [-0.25, -0.2) is 0 Å². The second-order valence-corrected chi connectivity index (χ2v) is 6.76. The van der Waals surface area contributed by atoms with Crippen molar-refractivity contribution in [3.05, 3.63) is 96.1 Å². The summed E-state index contributed by atoms with van der Waals surface area (Å²) in [6, 6.07) is 28.1. The molecule has 3 aromatic rings. The number of carbonyl (C=O) groups excluding carboxylic acids is 1. The fourth-order valence-corrected chi connectivity index (χ4v) is 3.70. The number of hydrogen-bond donors (Lipinski definition) is 1. The molecule has 3 nitrogen and oxygen atoms in total. The van der Waals surface area contributed by atoms with Crippen LogP contribution in [0.1, 0.15) is 35.3 Å². The second kappa shape index (κ2) is 7.04. The maximum absolute atomic E-state index is 13.5. The molecule has 0 aliphatic carbocycles. The van der Waals surface area contributed by atoms with Crippen molar-refractivity contribution < 1.29 is 4.79 Å². The lowest BCUT2D eigenvalue weighted by Gasteiger charge is -2.39.